The summed E-state index contributed by atoms with van der Waals surface area (Å²) in [5.41, 5.74) is 7.31. The molecular weight excluding hydrogens is 316 g/mol. The SMILES string of the molecule is N#CC1=C(N)n2ncnc2NC1c1cccc(Oc2ccccc2)c1. The van der Waals surface area contributed by atoms with Crippen molar-refractivity contribution in [3.8, 4) is 17.6 Å². The van der Waals surface area contributed by atoms with Gasteiger partial charge in [-0.1, -0.05) is 30.3 Å². The van der Waals surface area contributed by atoms with E-state index in [1.54, 1.807) is 0 Å². The second-order valence-corrected chi connectivity index (χ2v) is 5.47. The molecule has 0 radical (unpaired) electrons. The number of nitrogens with two attached hydrogens (primary N) is 1. The molecule has 0 spiro atoms. The van der Waals surface area contributed by atoms with Crippen molar-refractivity contribution in [1.82, 2.24) is 14.8 Å². The molecule has 7 heteroatoms. The number of nitrogens with one attached hydrogen (secondary N) is 1. The summed E-state index contributed by atoms with van der Waals surface area (Å²) in [6, 6.07) is 18.8. The van der Waals surface area contributed by atoms with Crippen LogP contribution < -0.4 is 15.8 Å². The summed E-state index contributed by atoms with van der Waals surface area (Å²) in [5, 5.41) is 16.8. The van der Waals surface area contributed by atoms with Crippen LogP contribution in [0.3, 0.4) is 0 Å². The van der Waals surface area contributed by atoms with E-state index in [0.29, 0.717) is 17.3 Å². The molecule has 3 N–H and O–H groups in total. The lowest BCUT2D eigenvalue weighted by molar-refractivity contribution is 0.481. The van der Waals surface area contributed by atoms with Crippen molar-refractivity contribution in [3.05, 3.63) is 72.1 Å². The van der Waals surface area contributed by atoms with Crippen molar-refractivity contribution < 1.29 is 4.74 Å². The van der Waals surface area contributed by atoms with Gasteiger partial charge >= 0.3 is 0 Å². The van der Waals surface area contributed by atoms with Gasteiger partial charge < -0.3 is 15.8 Å². The van der Waals surface area contributed by atoms with Crippen molar-refractivity contribution in [3.63, 3.8) is 0 Å². The maximum absolute atomic E-state index is 9.54. The third-order valence-electron chi connectivity index (χ3n) is 3.90. The number of anilines is 1. The zero-order valence-electron chi connectivity index (χ0n) is 13.1. The zero-order valence-corrected chi connectivity index (χ0v) is 13.1. The number of rotatable bonds is 3. The predicted molar refractivity (Wildman–Crippen MR) is 92.4 cm³/mol. The Morgan fingerprint density at radius 2 is 1.92 bits per heavy atom. The van der Waals surface area contributed by atoms with Gasteiger partial charge in [-0.2, -0.15) is 20.0 Å². The molecule has 1 atom stereocenters. The highest BCUT2D eigenvalue weighted by Crippen LogP contribution is 2.34. The number of hydrogen-bond acceptors (Lipinski definition) is 6. The van der Waals surface area contributed by atoms with E-state index in [1.807, 2.05) is 54.6 Å². The Bertz CT molecular complexity index is 986. The molecule has 0 fully saturated rings. The van der Waals surface area contributed by atoms with Gasteiger partial charge in [-0.05, 0) is 29.8 Å². The van der Waals surface area contributed by atoms with Crippen molar-refractivity contribution in [2.24, 2.45) is 5.73 Å². The maximum Gasteiger partial charge on any atom is 0.228 e. The van der Waals surface area contributed by atoms with E-state index in [9.17, 15) is 5.26 Å². The standard InChI is InChI=1S/C18H14N6O/c19-10-15-16(23-18-21-11-22-24(18)17(15)20)12-5-4-8-14(9-12)25-13-6-2-1-3-7-13/h1-9,11,16H,20H2,(H,21,22,23). The molecule has 2 heterocycles. The van der Waals surface area contributed by atoms with E-state index >= 15 is 0 Å². The lowest BCUT2D eigenvalue weighted by Gasteiger charge is -2.25. The largest absolute Gasteiger partial charge is 0.457 e. The van der Waals surface area contributed by atoms with E-state index in [2.05, 4.69) is 21.5 Å². The van der Waals surface area contributed by atoms with Gasteiger partial charge in [0.1, 0.15) is 29.7 Å². The van der Waals surface area contributed by atoms with Gasteiger partial charge in [-0.25, -0.2) is 0 Å². The van der Waals surface area contributed by atoms with E-state index in [4.69, 9.17) is 10.5 Å². The number of nitriles is 1. The fourth-order valence-electron chi connectivity index (χ4n) is 2.73. The Balaban J connectivity index is 1.69. The number of nitrogens with zero attached hydrogens (tertiary/aromatic N) is 4. The first-order chi connectivity index (χ1) is 12.3. The normalized spacial score (nSPS) is 15.9. The smallest absolute Gasteiger partial charge is 0.228 e. The topological polar surface area (TPSA) is 102 Å². The summed E-state index contributed by atoms with van der Waals surface area (Å²) in [7, 11) is 0. The van der Waals surface area contributed by atoms with Crippen LogP contribution in [0, 0.1) is 11.3 Å². The monoisotopic (exact) mass is 330 g/mol. The van der Waals surface area contributed by atoms with Crippen LogP contribution in [0.1, 0.15) is 11.6 Å². The second-order valence-electron chi connectivity index (χ2n) is 5.47. The Hall–Kier alpha value is -3.79. The number of ether oxygens (including phenoxy) is 1. The molecule has 0 bridgehead atoms. The van der Waals surface area contributed by atoms with Gasteiger partial charge in [0.15, 0.2) is 0 Å². The Morgan fingerprint density at radius 3 is 2.72 bits per heavy atom. The van der Waals surface area contributed by atoms with Crippen LogP contribution in [0.25, 0.3) is 5.82 Å². The van der Waals surface area contributed by atoms with Crippen LogP contribution >= 0.6 is 0 Å². The Kier molecular flexibility index (Phi) is 3.56. The van der Waals surface area contributed by atoms with E-state index < -0.39 is 6.04 Å². The lowest BCUT2D eigenvalue weighted by atomic mass is 9.98. The van der Waals surface area contributed by atoms with Crippen LogP contribution in [0.2, 0.25) is 0 Å². The van der Waals surface area contributed by atoms with Crippen LogP contribution in [-0.2, 0) is 0 Å². The molecule has 2 aromatic carbocycles. The maximum atomic E-state index is 9.54. The van der Waals surface area contributed by atoms with E-state index in [0.717, 1.165) is 11.3 Å². The molecule has 25 heavy (non-hydrogen) atoms. The number of benzene rings is 2. The van der Waals surface area contributed by atoms with Crippen molar-refractivity contribution in [2.45, 2.75) is 6.04 Å². The van der Waals surface area contributed by atoms with Gasteiger partial charge in [-0.3, -0.25) is 0 Å². The molecule has 0 aliphatic carbocycles. The van der Waals surface area contributed by atoms with E-state index in [1.165, 1.54) is 11.0 Å². The third kappa shape index (κ3) is 2.66. The van der Waals surface area contributed by atoms with E-state index in [-0.39, 0.29) is 5.82 Å². The summed E-state index contributed by atoms with van der Waals surface area (Å²) >= 11 is 0. The van der Waals surface area contributed by atoms with Crippen LogP contribution in [-0.4, -0.2) is 14.8 Å². The molecule has 1 aliphatic rings. The summed E-state index contributed by atoms with van der Waals surface area (Å²) in [6.45, 7) is 0. The molecule has 7 nitrogen and oxygen atoms in total. The summed E-state index contributed by atoms with van der Waals surface area (Å²) in [5.74, 6) is 2.18. The molecule has 1 aliphatic heterocycles. The third-order valence-corrected chi connectivity index (χ3v) is 3.90. The average Bonchev–Trinajstić information content (AvgIpc) is 3.12. The Labute approximate surface area is 144 Å². The molecule has 1 aromatic heterocycles. The predicted octanol–water partition coefficient (Wildman–Crippen LogP) is 2.89. The highest BCUT2D eigenvalue weighted by Gasteiger charge is 2.28. The minimum Gasteiger partial charge on any atom is -0.457 e. The molecule has 0 saturated carbocycles. The first kappa shape index (κ1) is 14.8. The van der Waals surface area contributed by atoms with Crippen LogP contribution in [0.5, 0.6) is 11.5 Å². The highest BCUT2D eigenvalue weighted by molar-refractivity contribution is 5.65. The minimum atomic E-state index is -0.416. The number of hydrogen-bond donors (Lipinski definition) is 2. The van der Waals surface area contributed by atoms with Gasteiger partial charge in [0.25, 0.3) is 0 Å². The Morgan fingerprint density at radius 1 is 1.12 bits per heavy atom. The van der Waals surface area contributed by atoms with Crippen LogP contribution in [0.15, 0.2) is 66.5 Å². The van der Waals surface area contributed by atoms with Gasteiger partial charge in [-0.15, -0.1) is 0 Å². The zero-order chi connectivity index (χ0) is 17.2. The number of aromatic nitrogens is 3. The van der Waals surface area contributed by atoms with Gasteiger partial charge in [0.2, 0.25) is 5.95 Å². The minimum absolute atomic E-state index is 0.271. The van der Waals surface area contributed by atoms with Crippen LogP contribution in [0.4, 0.5) is 5.95 Å². The second kappa shape index (κ2) is 6.02. The molecule has 0 amide bonds. The highest BCUT2D eigenvalue weighted by atomic mass is 16.5. The first-order valence-corrected chi connectivity index (χ1v) is 7.66. The lowest BCUT2D eigenvalue weighted by Crippen LogP contribution is -2.27. The van der Waals surface area contributed by atoms with Crippen molar-refractivity contribution in [2.75, 3.05) is 5.32 Å². The van der Waals surface area contributed by atoms with Crippen molar-refractivity contribution in [1.29, 1.82) is 5.26 Å². The number of para-hydroxylation sites is 1. The molecule has 1 unspecified atom stereocenters. The average molecular weight is 330 g/mol. The quantitative estimate of drug-likeness (QED) is 0.765. The molecule has 122 valence electrons. The van der Waals surface area contributed by atoms with Gasteiger partial charge in [0.05, 0.1) is 11.6 Å². The van der Waals surface area contributed by atoms with Gasteiger partial charge in [0, 0.05) is 0 Å². The summed E-state index contributed by atoms with van der Waals surface area (Å²) < 4.78 is 7.28. The molecule has 4 rings (SSSR count). The first-order valence-electron chi connectivity index (χ1n) is 7.66. The fraction of sp³-hybridized carbons (Fsp3) is 0.0556. The summed E-state index contributed by atoms with van der Waals surface area (Å²) in [6.07, 6.45) is 1.39. The summed E-state index contributed by atoms with van der Waals surface area (Å²) in [4.78, 5) is 4.13. The molecule has 0 saturated heterocycles. The number of fused-ring (bicyclic) bond motifs is 1. The fourth-order valence-corrected chi connectivity index (χ4v) is 2.73. The van der Waals surface area contributed by atoms with Crippen molar-refractivity contribution >= 4 is 11.8 Å². The molecular formula is C18H14N6O. The molecule has 3 aromatic rings.